The normalized spacial score (nSPS) is 17.2. The summed E-state index contributed by atoms with van der Waals surface area (Å²) < 4.78 is 22.6. The number of carbonyl (C=O) groups excluding carboxylic acids is 1. The molecule has 24 heavy (non-hydrogen) atoms. The number of nitrogens with zero attached hydrogens (tertiary/aromatic N) is 3. The Balaban J connectivity index is 1.90. The number of amides is 1. The molecule has 0 saturated carbocycles. The molecule has 2 rings (SSSR count). The van der Waals surface area contributed by atoms with Gasteiger partial charge in [-0.2, -0.15) is 5.10 Å². The molecule has 1 N–H and O–H groups in total. The number of hydrogen-bond acceptors (Lipinski definition) is 5. The van der Waals surface area contributed by atoms with Gasteiger partial charge in [0, 0.05) is 38.1 Å². The van der Waals surface area contributed by atoms with Gasteiger partial charge in [-0.3, -0.25) is 9.89 Å². The number of aromatic nitrogens is 2. The van der Waals surface area contributed by atoms with E-state index in [1.54, 1.807) is 0 Å². The lowest BCUT2D eigenvalue weighted by atomic mass is 10.1. The molecule has 1 saturated heterocycles. The molecule has 136 valence electrons. The molecule has 1 aliphatic rings. The number of hydrogen-bond donors (Lipinski definition) is 1. The van der Waals surface area contributed by atoms with Crippen LogP contribution in [0.5, 0.6) is 0 Å². The first-order valence-electron chi connectivity index (χ1n) is 8.48. The van der Waals surface area contributed by atoms with Crippen LogP contribution in [0.3, 0.4) is 0 Å². The minimum absolute atomic E-state index is 0.0498. The molecule has 0 aliphatic carbocycles. The monoisotopic (exact) mass is 356 g/mol. The first kappa shape index (κ1) is 18.9. The summed E-state index contributed by atoms with van der Waals surface area (Å²) in [6, 6.07) is 1.84. The van der Waals surface area contributed by atoms with Gasteiger partial charge in [0.25, 0.3) is 5.91 Å². The molecule has 2 heterocycles. The summed E-state index contributed by atoms with van der Waals surface area (Å²) in [5.41, 5.74) is 1.45. The highest BCUT2D eigenvalue weighted by Gasteiger charge is 2.22. The molecule has 1 amide bonds. The summed E-state index contributed by atoms with van der Waals surface area (Å²) in [4.78, 5) is 16.5. The summed E-state index contributed by atoms with van der Waals surface area (Å²) in [6.07, 6.45) is 2.98. The average Bonchev–Trinajstić information content (AvgIpc) is 2.80. The van der Waals surface area contributed by atoms with E-state index in [1.807, 2.05) is 11.0 Å². The summed E-state index contributed by atoms with van der Waals surface area (Å²) in [5.74, 6) is 0.625. The van der Waals surface area contributed by atoms with Crippen molar-refractivity contribution in [1.29, 1.82) is 0 Å². The number of H-pyrrole nitrogens is 1. The van der Waals surface area contributed by atoms with Crippen molar-refractivity contribution in [1.82, 2.24) is 20.0 Å². The SMILES string of the molecule is CC(C)Cc1cc(C(=O)N2CCCN(CCS(C)(=O)=O)CC2)n[nH]1. The van der Waals surface area contributed by atoms with Crippen molar-refractivity contribution in [3.05, 3.63) is 17.5 Å². The quantitative estimate of drug-likeness (QED) is 0.815. The molecule has 0 atom stereocenters. The third kappa shape index (κ3) is 5.90. The molecule has 1 aromatic rings. The minimum atomic E-state index is -2.95. The predicted octanol–water partition coefficient (Wildman–Crippen LogP) is 0.801. The number of rotatable bonds is 6. The number of sulfone groups is 1. The zero-order chi connectivity index (χ0) is 17.7. The van der Waals surface area contributed by atoms with Crippen LogP contribution in [-0.4, -0.2) is 79.1 Å². The Kier molecular flexibility index (Phi) is 6.40. The van der Waals surface area contributed by atoms with Crippen molar-refractivity contribution in [3.8, 4) is 0 Å². The van der Waals surface area contributed by atoms with E-state index in [9.17, 15) is 13.2 Å². The van der Waals surface area contributed by atoms with Crippen LogP contribution in [0.4, 0.5) is 0 Å². The van der Waals surface area contributed by atoms with Gasteiger partial charge in [0.05, 0.1) is 5.75 Å². The summed E-state index contributed by atoms with van der Waals surface area (Å²) in [5, 5.41) is 7.10. The van der Waals surface area contributed by atoms with Crippen molar-refractivity contribution in [2.45, 2.75) is 26.7 Å². The predicted molar refractivity (Wildman–Crippen MR) is 93.8 cm³/mol. The number of aromatic amines is 1. The summed E-state index contributed by atoms with van der Waals surface area (Å²) in [7, 11) is -2.95. The van der Waals surface area contributed by atoms with Gasteiger partial charge in [-0.1, -0.05) is 13.8 Å². The second-order valence-corrected chi connectivity index (χ2v) is 9.25. The third-order valence-corrected chi connectivity index (χ3v) is 5.06. The first-order valence-corrected chi connectivity index (χ1v) is 10.5. The zero-order valence-electron chi connectivity index (χ0n) is 14.8. The topological polar surface area (TPSA) is 86.4 Å². The second kappa shape index (κ2) is 8.11. The van der Waals surface area contributed by atoms with E-state index in [4.69, 9.17) is 0 Å². The maximum Gasteiger partial charge on any atom is 0.274 e. The van der Waals surface area contributed by atoms with Crippen LogP contribution >= 0.6 is 0 Å². The smallest absolute Gasteiger partial charge is 0.274 e. The van der Waals surface area contributed by atoms with E-state index < -0.39 is 9.84 Å². The molecule has 0 unspecified atom stereocenters. The highest BCUT2D eigenvalue weighted by Crippen LogP contribution is 2.11. The van der Waals surface area contributed by atoms with Gasteiger partial charge < -0.3 is 9.80 Å². The summed E-state index contributed by atoms with van der Waals surface area (Å²) in [6.45, 7) is 7.59. The Labute approximate surface area is 144 Å². The second-order valence-electron chi connectivity index (χ2n) is 6.99. The van der Waals surface area contributed by atoms with Crippen LogP contribution in [-0.2, 0) is 16.3 Å². The van der Waals surface area contributed by atoms with Crippen LogP contribution in [0.2, 0.25) is 0 Å². The molecule has 0 aromatic carbocycles. The standard InChI is InChI=1S/C16H28N4O3S/c1-13(2)11-14-12-15(18-17-14)16(21)20-6-4-5-19(7-8-20)9-10-24(3,22)23/h12-13H,4-11H2,1-3H3,(H,17,18). The van der Waals surface area contributed by atoms with Crippen LogP contribution in [0.25, 0.3) is 0 Å². The van der Waals surface area contributed by atoms with Gasteiger partial charge in [-0.25, -0.2) is 8.42 Å². The van der Waals surface area contributed by atoms with E-state index >= 15 is 0 Å². The molecule has 7 nitrogen and oxygen atoms in total. The van der Waals surface area contributed by atoms with Crippen LogP contribution in [0.15, 0.2) is 6.07 Å². The van der Waals surface area contributed by atoms with Gasteiger partial charge in [0.2, 0.25) is 0 Å². The number of nitrogens with one attached hydrogen (secondary N) is 1. The maximum absolute atomic E-state index is 12.6. The largest absolute Gasteiger partial charge is 0.336 e. The van der Waals surface area contributed by atoms with E-state index in [-0.39, 0.29) is 11.7 Å². The Morgan fingerprint density at radius 3 is 2.71 bits per heavy atom. The van der Waals surface area contributed by atoms with Crippen LogP contribution in [0, 0.1) is 5.92 Å². The molecule has 1 aliphatic heterocycles. The van der Waals surface area contributed by atoms with Gasteiger partial charge in [0.1, 0.15) is 15.5 Å². The highest BCUT2D eigenvalue weighted by molar-refractivity contribution is 7.90. The van der Waals surface area contributed by atoms with E-state index in [2.05, 4.69) is 28.9 Å². The van der Waals surface area contributed by atoms with Crippen molar-refractivity contribution < 1.29 is 13.2 Å². The first-order chi connectivity index (χ1) is 11.2. The molecule has 1 fully saturated rings. The molecule has 8 heteroatoms. The highest BCUT2D eigenvalue weighted by atomic mass is 32.2. The van der Waals surface area contributed by atoms with Gasteiger partial charge >= 0.3 is 0 Å². The average molecular weight is 356 g/mol. The van der Waals surface area contributed by atoms with Crippen molar-refractivity contribution >= 4 is 15.7 Å². The Hall–Kier alpha value is -1.41. The maximum atomic E-state index is 12.6. The number of carbonyl (C=O) groups is 1. The molecule has 0 bridgehead atoms. The van der Waals surface area contributed by atoms with Gasteiger partial charge in [-0.15, -0.1) is 0 Å². The van der Waals surface area contributed by atoms with Crippen molar-refractivity contribution in [2.75, 3.05) is 44.7 Å². The zero-order valence-corrected chi connectivity index (χ0v) is 15.6. The fourth-order valence-corrected chi connectivity index (χ4v) is 3.46. The summed E-state index contributed by atoms with van der Waals surface area (Å²) >= 11 is 0. The van der Waals surface area contributed by atoms with Crippen molar-refractivity contribution in [3.63, 3.8) is 0 Å². The Morgan fingerprint density at radius 1 is 1.29 bits per heavy atom. The Bertz CT molecular complexity index is 654. The molecule has 1 aromatic heterocycles. The van der Waals surface area contributed by atoms with Crippen LogP contribution < -0.4 is 0 Å². The molecular formula is C16H28N4O3S. The van der Waals surface area contributed by atoms with E-state index in [0.29, 0.717) is 37.8 Å². The fraction of sp³-hybridized carbons (Fsp3) is 0.750. The molecular weight excluding hydrogens is 328 g/mol. The van der Waals surface area contributed by atoms with E-state index in [0.717, 1.165) is 25.1 Å². The molecule has 0 spiro atoms. The van der Waals surface area contributed by atoms with Crippen molar-refractivity contribution in [2.24, 2.45) is 5.92 Å². The van der Waals surface area contributed by atoms with Crippen LogP contribution in [0.1, 0.15) is 36.5 Å². The van der Waals surface area contributed by atoms with Gasteiger partial charge in [-0.05, 0) is 31.4 Å². The lowest BCUT2D eigenvalue weighted by Gasteiger charge is -2.21. The minimum Gasteiger partial charge on any atom is -0.336 e. The Morgan fingerprint density at radius 2 is 2.04 bits per heavy atom. The van der Waals surface area contributed by atoms with Gasteiger partial charge in [0.15, 0.2) is 0 Å². The fourth-order valence-electron chi connectivity index (χ4n) is 2.87. The lowest BCUT2D eigenvalue weighted by molar-refractivity contribution is 0.0756. The van der Waals surface area contributed by atoms with E-state index in [1.165, 1.54) is 6.26 Å². The lowest BCUT2D eigenvalue weighted by Crippen LogP contribution is -2.36. The third-order valence-electron chi connectivity index (χ3n) is 4.13. The molecule has 0 radical (unpaired) electrons.